The third-order valence-corrected chi connectivity index (χ3v) is 9.37. The third-order valence-electron chi connectivity index (χ3n) is 6.88. The number of amides is 1. The lowest BCUT2D eigenvalue weighted by Crippen LogP contribution is -2.32. The van der Waals surface area contributed by atoms with Gasteiger partial charge in [-0.25, -0.2) is 9.78 Å². The molecule has 0 saturated carbocycles. The Morgan fingerprint density at radius 1 is 1.13 bits per heavy atom. The normalized spacial score (nSPS) is 19.3. The molecule has 2 aromatic heterocycles. The zero-order valence-corrected chi connectivity index (χ0v) is 22.8. The number of fused-ring (bicyclic) bond motifs is 2. The highest BCUT2D eigenvalue weighted by Gasteiger charge is 2.29. The van der Waals surface area contributed by atoms with Crippen molar-refractivity contribution in [1.29, 1.82) is 0 Å². The Balaban J connectivity index is 1.19. The molecule has 0 bridgehead atoms. The van der Waals surface area contributed by atoms with Crippen LogP contribution in [0.2, 0.25) is 0 Å². The molecule has 196 valence electrons. The molecule has 2 atom stereocenters. The van der Waals surface area contributed by atoms with Gasteiger partial charge in [0.05, 0.1) is 21.0 Å². The first-order chi connectivity index (χ1) is 18.5. The van der Waals surface area contributed by atoms with Gasteiger partial charge in [0.25, 0.3) is 0 Å². The maximum atomic E-state index is 12.8. The molecule has 1 unspecified atom stereocenters. The largest absolute Gasteiger partial charge is 0.445 e. The van der Waals surface area contributed by atoms with E-state index in [1.54, 1.807) is 16.2 Å². The molecule has 0 aliphatic carbocycles. The summed E-state index contributed by atoms with van der Waals surface area (Å²) in [6.07, 6.45) is 0.511. The van der Waals surface area contributed by atoms with E-state index in [9.17, 15) is 9.00 Å². The highest BCUT2D eigenvalue weighted by molar-refractivity contribution is 7.85. The fourth-order valence-electron chi connectivity index (χ4n) is 4.94. The number of carbonyl (C=O) groups excluding carboxylic acids is 1. The number of thiophene rings is 1. The predicted octanol–water partition coefficient (Wildman–Crippen LogP) is 4.95. The molecule has 2 aliphatic heterocycles. The summed E-state index contributed by atoms with van der Waals surface area (Å²) < 4.78 is 19.3. The van der Waals surface area contributed by atoms with Crippen LogP contribution >= 0.6 is 11.3 Å². The van der Waals surface area contributed by atoms with Gasteiger partial charge in [0.2, 0.25) is 5.95 Å². The first-order valence-corrected chi connectivity index (χ1v) is 14.9. The van der Waals surface area contributed by atoms with Crippen LogP contribution in [0.5, 0.6) is 0 Å². The first-order valence-electron chi connectivity index (χ1n) is 12.7. The minimum atomic E-state index is -1.04. The van der Waals surface area contributed by atoms with Crippen LogP contribution in [-0.4, -0.2) is 56.6 Å². The molecular formula is C28H29N5O3S2. The average Bonchev–Trinajstić information content (AvgIpc) is 3.52. The molecule has 1 fully saturated rings. The van der Waals surface area contributed by atoms with Crippen LogP contribution in [0.15, 0.2) is 65.6 Å². The zero-order valence-electron chi connectivity index (χ0n) is 21.1. The summed E-state index contributed by atoms with van der Waals surface area (Å²) in [6.45, 7) is 4.74. The molecular weight excluding hydrogens is 518 g/mol. The summed E-state index contributed by atoms with van der Waals surface area (Å²) in [7, 11) is -1.04. The summed E-state index contributed by atoms with van der Waals surface area (Å²) in [6, 6.07) is 19.8. The maximum absolute atomic E-state index is 12.8. The molecule has 2 aliphatic rings. The molecule has 4 heterocycles. The minimum Gasteiger partial charge on any atom is -0.445 e. The van der Waals surface area contributed by atoms with Gasteiger partial charge in [-0.05, 0) is 36.6 Å². The number of hydrogen-bond donors (Lipinski definition) is 1. The molecule has 0 spiro atoms. The average molecular weight is 548 g/mol. The number of aryl methyl sites for hydroxylation is 1. The lowest BCUT2D eigenvalue weighted by molar-refractivity contribution is 0.104. The van der Waals surface area contributed by atoms with Gasteiger partial charge in [-0.1, -0.05) is 48.5 Å². The van der Waals surface area contributed by atoms with E-state index < -0.39 is 10.8 Å². The standard InChI is InChI=1S/C28H29N5O3S2/c1-19-15-23-25(37-19)26(29-22-11-12-33(17-22)28(34)36-18-20-7-3-2-4-8-20)31-27(30-23)32-13-14-38(35)24-10-6-5-9-21(24)16-32/h2-10,15,22H,11-14,16-18H2,1H3,(H,29,30,31)/t22-,38?/m0/s1. The van der Waals surface area contributed by atoms with Gasteiger partial charge in [0.1, 0.15) is 12.4 Å². The van der Waals surface area contributed by atoms with E-state index >= 15 is 0 Å². The number of aromatic nitrogens is 2. The summed E-state index contributed by atoms with van der Waals surface area (Å²) in [5.74, 6) is 1.95. The number of benzene rings is 2. The Labute approximate surface area is 228 Å². The molecule has 10 heteroatoms. The number of anilines is 2. The fourth-order valence-corrected chi connectivity index (χ4v) is 7.10. The van der Waals surface area contributed by atoms with E-state index in [1.807, 2.05) is 54.6 Å². The van der Waals surface area contributed by atoms with Crippen molar-refractivity contribution in [2.75, 3.05) is 35.6 Å². The van der Waals surface area contributed by atoms with Crippen molar-refractivity contribution in [3.63, 3.8) is 0 Å². The number of ether oxygens (including phenoxy) is 1. The minimum absolute atomic E-state index is 0.0602. The van der Waals surface area contributed by atoms with Gasteiger partial charge in [0, 0.05) is 47.7 Å². The van der Waals surface area contributed by atoms with Gasteiger partial charge in [-0.2, -0.15) is 4.98 Å². The van der Waals surface area contributed by atoms with Crippen molar-refractivity contribution in [2.45, 2.75) is 37.4 Å². The van der Waals surface area contributed by atoms with E-state index in [1.165, 1.54) is 0 Å². The van der Waals surface area contributed by atoms with Crippen molar-refractivity contribution < 1.29 is 13.7 Å². The monoisotopic (exact) mass is 547 g/mol. The van der Waals surface area contributed by atoms with Crippen LogP contribution in [-0.2, 0) is 28.7 Å². The van der Waals surface area contributed by atoms with Gasteiger partial charge < -0.3 is 19.9 Å². The lowest BCUT2D eigenvalue weighted by Gasteiger charge is -2.22. The van der Waals surface area contributed by atoms with E-state index in [0.29, 0.717) is 37.9 Å². The number of hydrogen-bond acceptors (Lipinski definition) is 8. The molecule has 1 amide bonds. The fraction of sp³-hybridized carbons (Fsp3) is 0.321. The molecule has 1 saturated heterocycles. The van der Waals surface area contributed by atoms with Gasteiger partial charge in [-0.3, -0.25) is 4.21 Å². The molecule has 6 rings (SSSR count). The number of nitrogens with zero attached hydrogens (tertiary/aromatic N) is 4. The summed E-state index contributed by atoms with van der Waals surface area (Å²) >= 11 is 1.66. The van der Waals surface area contributed by atoms with Crippen LogP contribution in [0.25, 0.3) is 10.2 Å². The number of likely N-dealkylation sites (tertiary alicyclic amines) is 1. The molecule has 1 N–H and O–H groups in total. The second-order valence-electron chi connectivity index (χ2n) is 9.64. The number of rotatable bonds is 5. The smallest absolute Gasteiger partial charge is 0.410 e. The van der Waals surface area contributed by atoms with E-state index in [-0.39, 0.29) is 18.7 Å². The Hall–Kier alpha value is -3.50. The Morgan fingerprint density at radius 2 is 1.95 bits per heavy atom. The first kappa shape index (κ1) is 24.8. The van der Waals surface area contributed by atoms with Crippen LogP contribution < -0.4 is 10.2 Å². The highest BCUT2D eigenvalue weighted by Crippen LogP contribution is 2.33. The topological polar surface area (TPSA) is 87.7 Å². The molecule has 2 aromatic carbocycles. The molecule has 8 nitrogen and oxygen atoms in total. The highest BCUT2D eigenvalue weighted by atomic mass is 32.2. The summed E-state index contributed by atoms with van der Waals surface area (Å²) in [4.78, 5) is 28.5. The van der Waals surface area contributed by atoms with E-state index in [2.05, 4.69) is 23.2 Å². The predicted molar refractivity (Wildman–Crippen MR) is 151 cm³/mol. The van der Waals surface area contributed by atoms with Gasteiger partial charge >= 0.3 is 6.09 Å². The van der Waals surface area contributed by atoms with E-state index in [0.717, 1.165) is 43.4 Å². The Kier molecular flexibility index (Phi) is 6.99. The summed E-state index contributed by atoms with van der Waals surface area (Å²) in [5.41, 5.74) is 2.91. The summed E-state index contributed by atoms with van der Waals surface area (Å²) in [5, 5.41) is 3.60. The van der Waals surface area contributed by atoms with Crippen molar-refractivity contribution in [3.05, 3.63) is 76.7 Å². The van der Waals surface area contributed by atoms with Crippen LogP contribution in [0, 0.1) is 6.92 Å². The van der Waals surface area contributed by atoms with Crippen molar-refractivity contribution in [2.24, 2.45) is 0 Å². The van der Waals surface area contributed by atoms with Crippen LogP contribution in [0.3, 0.4) is 0 Å². The number of carbonyl (C=O) groups is 1. The van der Waals surface area contributed by atoms with Crippen LogP contribution in [0.1, 0.15) is 22.4 Å². The van der Waals surface area contributed by atoms with Gasteiger partial charge in [-0.15, -0.1) is 11.3 Å². The maximum Gasteiger partial charge on any atom is 0.410 e. The van der Waals surface area contributed by atoms with E-state index in [4.69, 9.17) is 14.7 Å². The zero-order chi connectivity index (χ0) is 26.1. The van der Waals surface area contributed by atoms with Gasteiger partial charge in [0.15, 0.2) is 0 Å². The SMILES string of the molecule is Cc1cc2nc(N3CCS(=O)c4ccccc4C3)nc(N[C@H]3CCN(C(=O)OCc4ccccc4)C3)c2s1. The second-order valence-corrected chi connectivity index (χ2v) is 12.4. The molecule has 38 heavy (non-hydrogen) atoms. The van der Waals surface area contributed by atoms with Crippen molar-refractivity contribution >= 4 is 50.2 Å². The quantitative estimate of drug-likeness (QED) is 0.378. The van der Waals surface area contributed by atoms with Crippen molar-refractivity contribution in [3.8, 4) is 0 Å². The third kappa shape index (κ3) is 5.23. The Bertz CT molecular complexity index is 1490. The van der Waals surface area contributed by atoms with Crippen LogP contribution in [0.4, 0.5) is 16.6 Å². The number of nitrogens with one attached hydrogen (secondary N) is 1. The second kappa shape index (κ2) is 10.7. The Morgan fingerprint density at radius 3 is 2.82 bits per heavy atom. The molecule has 4 aromatic rings. The van der Waals surface area contributed by atoms with Crippen molar-refractivity contribution in [1.82, 2.24) is 14.9 Å². The lowest BCUT2D eigenvalue weighted by atomic mass is 10.2. The molecule has 0 radical (unpaired) electrons.